The van der Waals surface area contributed by atoms with E-state index in [0.717, 1.165) is 10.6 Å². The second kappa shape index (κ2) is 14.7. The maximum Gasteiger partial charge on any atom is 3.00 e. The first-order chi connectivity index (χ1) is 13.2. The van der Waals surface area contributed by atoms with Crippen LogP contribution in [0.4, 0.5) is 0 Å². The molecule has 0 unspecified atom stereocenters. The van der Waals surface area contributed by atoms with Crippen LogP contribution in [0.3, 0.4) is 0 Å². The van der Waals surface area contributed by atoms with Crippen LogP contribution < -0.4 is 10.6 Å². The van der Waals surface area contributed by atoms with Crippen molar-refractivity contribution >= 4 is 64.3 Å². The maximum atomic E-state index is 5.60. The van der Waals surface area contributed by atoms with Crippen LogP contribution in [0.25, 0.3) is 0 Å². The van der Waals surface area contributed by atoms with Gasteiger partial charge in [-0.15, -0.1) is 17.0 Å². The summed E-state index contributed by atoms with van der Waals surface area (Å²) in [6, 6.07) is 45.1. The van der Waals surface area contributed by atoms with Gasteiger partial charge in [0, 0.05) is 0 Å². The third-order valence-electron chi connectivity index (χ3n) is 3.41. The van der Waals surface area contributed by atoms with E-state index in [4.69, 9.17) is 24.1 Å². The molecule has 4 aromatic rings. The van der Waals surface area contributed by atoms with Crippen molar-refractivity contribution in [2.75, 3.05) is 0 Å². The molecule has 4 heteroatoms. The zero-order chi connectivity index (χ0) is 19.2. The largest absolute Gasteiger partial charge is 3.00 e. The standard InChI is InChI=1S/C12H11PS2.2C6H5.Sb/c14-13(15,11-7-3-1-4-8-11)12-9-5-2-6-10-12;2*1-2-4-6-5-3-1;/h1-10H,(H,14,15);2*1-5H;/q;2*-1;+3/p-1. The molecule has 0 nitrogen and oxygen atoms in total. The normalized spacial score (nSPS) is 9.46. The van der Waals surface area contributed by atoms with Crippen molar-refractivity contribution in [2.24, 2.45) is 0 Å². The summed E-state index contributed by atoms with van der Waals surface area (Å²) in [5.74, 6) is 0. The summed E-state index contributed by atoms with van der Waals surface area (Å²) in [5.41, 5.74) is 0. The molecule has 0 aliphatic rings. The number of rotatable bonds is 2. The minimum absolute atomic E-state index is 0. The van der Waals surface area contributed by atoms with E-state index >= 15 is 0 Å². The molecule has 0 aliphatic heterocycles. The summed E-state index contributed by atoms with van der Waals surface area (Å²) in [4.78, 5) is 0. The average molecular weight is 525 g/mol. The van der Waals surface area contributed by atoms with Crippen molar-refractivity contribution in [1.29, 1.82) is 0 Å². The van der Waals surface area contributed by atoms with E-state index in [1.54, 1.807) is 0 Å². The summed E-state index contributed by atoms with van der Waals surface area (Å²) in [6.07, 6.45) is 0. The quantitative estimate of drug-likeness (QED) is 0.153. The van der Waals surface area contributed by atoms with E-state index < -0.39 is 5.24 Å². The fourth-order valence-corrected chi connectivity index (χ4v) is 4.97. The van der Waals surface area contributed by atoms with Crippen LogP contribution in [0.5, 0.6) is 0 Å². The van der Waals surface area contributed by atoms with Crippen molar-refractivity contribution in [2.45, 2.75) is 0 Å². The molecule has 138 valence electrons. The van der Waals surface area contributed by atoms with Crippen LogP contribution in [0.1, 0.15) is 0 Å². The van der Waals surface area contributed by atoms with Gasteiger partial charge >= 0.3 is 24.4 Å². The number of hydrogen-bond acceptors (Lipinski definition) is 2. The van der Waals surface area contributed by atoms with Gasteiger partial charge in [0.05, 0.1) is 0 Å². The smallest absolute Gasteiger partial charge is 0.738 e. The SMILES string of the molecule is S=P([S-])(c1ccccc1)c1ccccc1.[Sb+3].[c-]1ccccc1.[c-]1ccccc1. The second-order valence-electron chi connectivity index (χ2n) is 5.38. The van der Waals surface area contributed by atoms with Crippen LogP contribution in [0.15, 0.2) is 121 Å². The van der Waals surface area contributed by atoms with E-state index in [2.05, 4.69) is 12.1 Å². The predicted octanol–water partition coefficient (Wildman–Crippen LogP) is 5.17. The number of hydrogen-bond donors (Lipinski definition) is 0. The first-order valence-electron chi connectivity index (χ1n) is 8.46. The van der Waals surface area contributed by atoms with E-state index in [-0.39, 0.29) is 24.4 Å². The molecule has 4 rings (SSSR count). The molecule has 0 heterocycles. The minimum Gasteiger partial charge on any atom is -0.738 e. The van der Waals surface area contributed by atoms with Crippen molar-refractivity contribution in [3.63, 3.8) is 0 Å². The molecular weight excluding hydrogens is 505 g/mol. The van der Waals surface area contributed by atoms with Gasteiger partial charge in [-0.25, -0.2) is 0 Å². The van der Waals surface area contributed by atoms with Crippen molar-refractivity contribution in [1.82, 2.24) is 0 Å². The van der Waals surface area contributed by atoms with Crippen LogP contribution in [0.2, 0.25) is 0 Å². The van der Waals surface area contributed by atoms with Crippen molar-refractivity contribution < 1.29 is 0 Å². The molecule has 0 amide bonds. The second-order valence-corrected chi connectivity index (χ2v) is 11.5. The summed E-state index contributed by atoms with van der Waals surface area (Å²) in [5, 5.41) is 0.216. The number of benzene rings is 4. The van der Waals surface area contributed by atoms with E-state index in [9.17, 15) is 0 Å². The molecule has 28 heavy (non-hydrogen) atoms. The fourth-order valence-electron chi connectivity index (χ4n) is 2.08. The van der Waals surface area contributed by atoms with Crippen molar-refractivity contribution in [3.8, 4) is 0 Å². The molecule has 0 aromatic heterocycles. The van der Waals surface area contributed by atoms with Gasteiger partial charge in [0.2, 0.25) is 0 Å². The molecule has 0 N–H and O–H groups in total. The first kappa shape index (κ1) is 24.7. The van der Waals surface area contributed by atoms with Crippen LogP contribution in [-0.2, 0) is 24.1 Å². The Labute approximate surface area is 196 Å². The Balaban J connectivity index is 0.000000249. The molecule has 0 aliphatic carbocycles. The maximum absolute atomic E-state index is 5.60. The fraction of sp³-hybridized carbons (Fsp3) is 0. The Morgan fingerprint density at radius 1 is 0.536 bits per heavy atom. The van der Waals surface area contributed by atoms with Crippen LogP contribution in [-0.4, -0.2) is 24.4 Å². The Morgan fingerprint density at radius 2 is 0.821 bits per heavy atom. The predicted molar refractivity (Wildman–Crippen MR) is 130 cm³/mol. The third kappa shape index (κ3) is 9.26. The topological polar surface area (TPSA) is 0 Å². The summed E-state index contributed by atoms with van der Waals surface area (Å²) in [6.45, 7) is 0. The first-order valence-corrected chi connectivity index (χ1v) is 12.3. The van der Waals surface area contributed by atoms with Gasteiger partial charge in [-0.3, -0.25) is 0 Å². The van der Waals surface area contributed by atoms with E-state index in [0.29, 0.717) is 0 Å². The minimum atomic E-state index is -1.98. The zero-order valence-corrected chi connectivity index (χ0v) is 20.3. The van der Waals surface area contributed by atoms with Gasteiger partial charge < -0.3 is 12.2 Å². The summed E-state index contributed by atoms with van der Waals surface area (Å²) >= 11 is 11.2. The third-order valence-corrected chi connectivity index (χ3v) is 7.89. The molecular formula is C24H20PS2Sb. The summed E-state index contributed by atoms with van der Waals surface area (Å²) < 4.78 is 0. The van der Waals surface area contributed by atoms with Crippen LogP contribution >= 0.6 is 5.24 Å². The van der Waals surface area contributed by atoms with Gasteiger partial charge in [0.1, 0.15) is 0 Å². The average Bonchev–Trinajstić information content (AvgIpc) is 2.78. The van der Waals surface area contributed by atoms with E-state index in [1.807, 2.05) is 121 Å². The monoisotopic (exact) mass is 524 g/mol. The Bertz CT molecular complexity index is 774. The van der Waals surface area contributed by atoms with Gasteiger partial charge in [-0.2, -0.15) is 72.8 Å². The van der Waals surface area contributed by atoms with Crippen molar-refractivity contribution in [3.05, 3.63) is 133 Å². The molecule has 4 aromatic carbocycles. The molecule has 0 atom stereocenters. The van der Waals surface area contributed by atoms with Gasteiger partial charge in [0.15, 0.2) is 0 Å². The van der Waals surface area contributed by atoms with E-state index in [1.165, 1.54) is 0 Å². The Hall–Kier alpha value is -1.30. The Morgan fingerprint density at radius 3 is 1.04 bits per heavy atom. The van der Waals surface area contributed by atoms with Gasteiger partial charge in [-0.05, 0) is 10.6 Å². The molecule has 0 bridgehead atoms. The molecule has 0 saturated heterocycles. The zero-order valence-electron chi connectivity index (χ0n) is 15.3. The molecule has 0 spiro atoms. The molecule has 0 saturated carbocycles. The Kier molecular flexibility index (Phi) is 13.0. The van der Waals surface area contributed by atoms with Gasteiger partial charge in [0.25, 0.3) is 0 Å². The van der Waals surface area contributed by atoms with Gasteiger partial charge in [-0.1, -0.05) is 60.7 Å². The summed E-state index contributed by atoms with van der Waals surface area (Å²) in [7, 11) is 0. The molecule has 2 radical (unpaired) electrons. The van der Waals surface area contributed by atoms with Crippen LogP contribution in [0, 0.1) is 12.1 Å². The molecule has 0 fully saturated rings.